The summed E-state index contributed by atoms with van der Waals surface area (Å²) in [6, 6.07) is 8.75. The van der Waals surface area contributed by atoms with E-state index in [0.29, 0.717) is 10.5 Å². The number of aryl methyl sites for hydroxylation is 1. The molecular formula is C14H12F2N2S. The van der Waals surface area contributed by atoms with Crippen LogP contribution in [-0.2, 0) is 0 Å². The highest BCUT2D eigenvalue weighted by Gasteiger charge is 2.08. The molecule has 2 rings (SSSR count). The molecule has 98 valence electrons. The van der Waals surface area contributed by atoms with Crippen LogP contribution >= 0.6 is 11.8 Å². The number of nitrogens with two attached hydrogens (primary N) is 1. The molecule has 19 heavy (non-hydrogen) atoms. The zero-order chi connectivity index (χ0) is 14.0. The quantitative estimate of drug-likeness (QED) is 0.664. The minimum Gasteiger partial charge on any atom is -0.384 e. The second kappa shape index (κ2) is 5.40. The summed E-state index contributed by atoms with van der Waals surface area (Å²) in [5, 5.41) is 7.35. The molecule has 0 aliphatic carbocycles. The highest BCUT2D eigenvalue weighted by atomic mass is 32.2. The van der Waals surface area contributed by atoms with Gasteiger partial charge in [0.1, 0.15) is 17.5 Å². The Balaban J connectivity index is 2.31. The van der Waals surface area contributed by atoms with Crippen LogP contribution in [0, 0.1) is 24.0 Å². The van der Waals surface area contributed by atoms with E-state index in [2.05, 4.69) is 0 Å². The van der Waals surface area contributed by atoms with Crippen molar-refractivity contribution in [1.82, 2.24) is 0 Å². The third-order valence-corrected chi connectivity index (χ3v) is 3.83. The number of nitrogens with one attached hydrogen (secondary N) is 1. The van der Waals surface area contributed by atoms with Gasteiger partial charge in [0.15, 0.2) is 0 Å². The molecule has 0 aliphatic rings. The van der Waals surface area contributed by atoms with Gasteiger partial charge in [-0.1, -0.05) is 17.8 Å². The van der Waals surface area contributed by atoms with E-state index in [1.807, 2.05) is 6.92 Å². The Hall–Kier alpha value is -1.88. The number of nitrogen functional groups attached to an aromatic ring is 1. The second-order valence-electron chi connectivity index (χ2n) is 4.07. The number of rotatable bonds is 3. The maximum absolute atomic E-state index is 13.6. The Kier molecular flexibility index (Phi) is 3.85. The predicted molar refractivity (Wildman–Crippen MR) is 72.7 cm³/mol. The first-order valence-electron chi connectivity index (χ1n) is 5.55. The predicted octanol–water partition coefficient (Wildman–Crippen LogP) is 3.71. The van der Waals surface area contributed by atoms with E-state index in [0.717, 1.165) is 16.5 Å². The van der Waals surface area contributed by atoms with Gasteiger partial charge in [0.2, 0.25) is 0 Å². The van der Waals surface area contributed by atoms with E-state index in [1.165, 1.54) is 23.9 Å². The van der Waals surface area contributed by atoms with E-state index in [9.17, 15) is 8.78 Å². The summed E-state index contributed by atoms with van der Waals surface area (Å²) < 4.78 is 26.4. The first kappa shape index (κ1) is 13.5. The Labute approximate surface area is 114 Å². The van der Waals surface area contributed by atoms with Crippen LogP contribution in [0.1, 0.15) is 11.1 Å². The van der Waals surface area contributed by atoms with Crippen molar-refractivity contribution in [3.63, 3.8) is 0 Å². The van der Waals surface area contributed by atoms with E-state index in [-0.39, 0.29) is 5.84 Å². The third-order valence-electron chi connectivity index (χ3n) is 2.60. The lowest BCUT2D eigenvalue weighted by molar-refractivity contribution is 0.565. The monoisotopic (exact) mass is 278 g/mol. The van der Waals surface area contributed by atoms with Gasteiger partial charge in [0, 0.05) is 21.4 Å². The number of hydrogen-bond acceptors (Lipinski definition) is 2. The molecule has 0 saturated carbocycles. The SMILES string of the molecule is Cc1cc(C(=N)N)ccc1Sc1ccc(F)cc1F. The number of hydrogen-bond donors (Lipinski definition) is 2. The van der Waals surface area contributed by atoms with Crippen LogP contribution < -0.4 is 5.73 Å². The minimum atomic E-state index is -0.592. The van der Waals surface area contributed by atoms with E-state index >= 15 is 0 Å². The van der Waals surface area contributed by atoms with Crippen LogP contribution in [0.15, 0.2) is 46.2 Å². The van der Waals surface area contributed by atoms with Crippen molar-refractivity contribution in [3.8, 4) is 0 Å². The van der Waals surface area contributed by atoms with E-state index in [1.54, 1.807) is 18.2 Å². The molecule has 2 aromatic rings. The van der Waals surface area contributed by atoms with Gasteiger partial charge < -0.3 is 5.73 Å². The minimum absolute atomic E-state index is 0.00684. The van der Waals surface area contributed by atoms with Crippen LogP contribution in [0.4, 0.5) is 8.78 Å². The number of amidine groups is 1. The van der Waals surface area contributed by atoms with Gasteiger partial charge >= 0.3 is 0 Å². The molecule has 0 unspecified atom stereocenters. The molecule has 2 aromatic carbocycles. The topological polar surface area (TPSA) is 49.9 Å². The summed E-state index contributed by atoms with van der Waals surface area (Å²) in [6.45, 7) is 1.86. The zero-order valence-corrected chi connectivity index (χ0v) is 11.0. The summed E-state index contributed by atoms with van der Waals surface area (Å²) in [4.78, 5) is 1.20. The molecule has 0 amide bonds. The molecule has 0 aliphatic heterocycles. The zero-order valence-electron chi connectivity index (χ0n) is 10.2. The molecule has 3 N–H and O–H groups in total. The van der Waals surface area contributed by atoms with Crippen molar-refractivity contribution in [2.24, 2.45) is 5.73 Å². The molecule has 0 spiro atoms. The molecule has 2 nitrogen and oxygen atoms in total. The standard InChI is InChI=1S/C14H12F2N2S/c1-8-6-9(14(17)18)2-4-12(8)19-13-5-3-10(15)7-11(13)16/h2-7H,1H3,(H3,17,18). The third kappa shape index (κ3) is 3.12. The fraction of sp³-hybridized carbons (Fsp3) is 0.0714. The first-order chi connectivity index (χ1) is 8.97. The van der Waals surface area contributed by atoms with Crippen molar-refractivity contribution in [2.45, 2.75) is 16.7 Å². The van der Waals surface area contributed by atoms with Crippen LogP contribution in [0.25, 0.3) is 0 Å². The van der Waals surface area contributed by atoms with Gasteiger partial charge in [-0.25, -0.2) is 8.78 Å². The molecule has 5 heteroatoms. The lowest BCUT2D eigenvalue weighted by atomic mass is 10.1. The first-order valence-corrected chi connectivity index (χ1v) is 6.37. The summed E-state index contributed by atoms with van der Waals surface area (Å²) in [5.74, 6) is -1.18. The highest BCUT2D eigenvalue weighted by Crippen LogP contribution is 2.32. The van der Waals surface area contributed by atoms with Gasteiger partial charge in [-0.15, -0.1) is 0 Å². The molecule has 0 heterocycles. The van der Waals surface area contributed by atoms with Crippen LogP contribution in [0.3, 0.4) is 0 Å². The van der Waals surface area contributed by atoms with Gasteiger partial charge in [-0.05, 0) is 36.8 Å². The van der Waals surface area contributed by atoms with Crippen molar-refractivity contribution in [2.75, 3.05) is 0 Å². The molecule has 0 fully saturated rings. The number of halogens is 2. The Morgan fingerprint density at radius 2 is 1.79 bits per heavy atom. The Bertz CT molecular complexity index is 641. The average Bonchev–Trinajstić information content (AvgIpc) is 2.34. The van der Waals surface area contributed by atoms with Crippen LogP contribution in [0.5, 0.6) is 0 Å². The fourth-order valence-corrected chi connectivity index (χ4v) is 2.49. The summed E-state index contributed by atoms with van der Waals surface area (Å²) in [7, 11) is 0. The molecule has 0 radical (unpaired) electrons. The van der Waals surface area contributed by atoms with Gasteiger partial charge in [-0.3, -0.25) is 5.41 Å². The maximum Gasteiger partial charge on any atom is 0.140 e. The molecule has 0 aromatic heterocycles. The van der Waals surface area contributed by atoms with Gasteiger partial charge in [-0.2, -0.15) is 0 Å². The van der Waals surface area contributed by atoms with Crippen LogP contribution in [-0.4, -0.2) is 5.84 Å². The van der Waals surface area contributed by atoms with Crippen molar-refractivity contribution in [1.29, 1.82) is 5.41 Å². The van der Waals surface area contributed by atoms with E-state index < -0.39 is 11.6 Å². The van der Waals surface area contributed by atoms with E-state index in [4.69, 9.17) is 11.1 Å². The van der Waals surface area contributed by atoms with Gasteiger partial charge in [0.25, 0.3) is 0 Å². The van der Waals surface area contributed by atoms with Crippen molar-refractivity contribution >= 4 is 17.6 Å². The second-order valence-corrected chi connectivity index (χ2v) is 5.15. The summed E-state index contributed by atoms with van der Waals surface area (Å²) in [5.41, 5.74) is 6.92. The van der Waals surface area contributed by atoms with Crippen molar-refractivity contribution < 1.29 is 8.78 Å². The lowest BCUT2D eigenvalue weighted by Crippen LogP contribution is -2.10. The smallest absolute Gasteiger partial charge is 0.140 e. The highest BCUT2D eigenvalue weighted by molar-refractivity contribution is 7.99. The average molecular weight is 278 g/mol. The molecular weight excluding hydrogens is 266 g/mol. The Morgan fingerprint density at radius 1 is 1.11 bits per heavy atom. The summed E-state index contributed by atoms with van der Waals surface area (Å²) >= 11 is 1.22. The van der Waals surface area contributed by atoms with Crippen LogP contribution in [0.2, 0.25) is 0 Å². The largest absolute Gasteiger partial charge is 0.384 e. The number of benzene rings is 2. The summed E-state index contributed by atoms with van der Waals surface area (Å²) in [6.07, 6.45) is 0. The fourth-order valence-electron chi connectivity index (χ4n) is 1.61. The molecule has 0 bridgehead atoms. The van der Waals surface area contributed by atoms with Crippen molar-refractivity contribution in [3.05, 3.63) is 59.2 Å². The Morgan fingerprint density at radius 3 is 2.37 bits per heavy atom. The normalized spacial score (nSPS) is 10.5. The lowest BCUT2D eigenvalue weighted by Gasteiger charge is -2.08. The van der Waals surface area contributed by atoms with Gasteiger partial charge in [0.05, 0.1) is 0 Å². The maximum atomic E-state index is 13.6. The molecule has 0 atom stereocenters. The molecule has 0 saturated heterocycles.